The van der Waals surface area contributed by atoms with Gasteiger partial charge in [0.1, 0.15) is 0 Å². The highest BCUT2D eigenvalue weighted by molar-refractivity contribution is 7.71. The van der Waals surface area contributed by atoms with Crippen molar-refractivity contribution >= 4 is 30.0 Å². The molecule has 6 nitrogen and oxygen atoms in total. The minimum absolute atomic E-state index is 0.103. The van der Waals surface area contributed by atoms with Crippen LogP contribution in [-0.4, -0.2) is 27.0 Å². The lowest BCUT2D eigenvalue weighted by Gasteiger charge is -2.02. The number of nitrogens with one attached hydrogen (secondary N) is 2. The lowest BCUT2D eigenvalue weighted by atomic mass is 10.2. The van der Waals surface area contributed by atoms with E-state index in [1.54, 1.807) is 10.9 Å². The fraction of sp³-hybridized carbons (Fsp3) is 0.0588. The summed E-state index contributed by atoms with van der Waals surface area (Å²) in [6.45, 7) is 1.47. The van der Waals surface area contributed by atoms with Crippen molar-refractivity contribution in [3.05, 3.63) is 64.9 Å². The first-order valence-electron chi connectivity index (χ1n) is 7.28. The zero-order valence-electron chi connectivity index (χ0n) is 12.9. The molecular weight excluding hydrogens is 322 g/mol. The maximum Gasteiger partial charge on any atom is 0.221 e. The van der Waals surface area contributed by atoms with E-state index in [0.717, 1.165) is 16.8 Å². The molecule has 0 unspecified atom stereocenters. The molecule has 1 amide bonds. The Morgan fingerprint density at radius 2 is 1.92 bits per heavy atom. The average Bonchev–Trinajstić information content (AvgIpc) is 2.95. The third-order valence-corrected chi connectivity index (χ3v) is 3.50. The highest BCUT2D eigenvalue weighted by atomic mass is 32.1. The number of rotatable bonds is 4. The summed E-state index contributed by atoms with van der Waals surface area (Å²) < 4.78 is 1.99. The number of hydrogen-bond donors (Lipinski definition) is 2. The van der Waals surface area contributed by atoms with Gasteiger partial charge in [0.05, 0.1) is 6.21 Å². The molecule has 0 aliphatic carbocycles. The van der Waals surface area contributed by atoms with Gasteiger partial charge in [-0.15, -0.1) is 0 Å². The zero-order valence-corrected chi connectivity index (χ0v) is 13.7. The van der Waals surface area contributed by atoms with Gasteiger partial charge >= 0.3 is 0 Å². The Hall–Kier alpha value is -3.06. The minimum Gasteiger partial charge on any atom is -0.326 e. The van der Waals surface area contributed by atoms with Gasteiger partial charge in [0.15, 0.2) is 5.82 Å². The number of aromatic amines is 1. The molecule has 7 heteroatoms. The van der Waals surface area contributed by atoms with Crippen LogP contribution in [0.5, 0.6) is 0 Å². The molecule has 3 aromatic rings. The number of benzene rings is 2. The Kier molecular flexibility index (Phi) is 4.62. The van der Waals surface area contributed by atoms with Gasteiger partial charge in [-0.25, -0.2) is 5.10 Å². The lowest BCUT2D eigenvalue weighted by molar-refractivity contribution is -0.114. The number of hydrogen-bond acceptors (Lipinski definition) is 4. The van der Waals surface area contributed by atoms with E-state index >= 15 is 0 Å². The molecule has 0 aliphatic rings. The second-order valence-corrected chi connectivity index (χ2v) is 5.46. The number of amides is 1. The van der Waals surface area contributed by atoms with Crippen molar-refractivity contribution in [3.63, 3.8) is 0 Å². The van der Waals surface area contributed by atoms with E-state index in [2.05, 4.69) is 20.6 Å². The average molecular weight is 337 g/mol. The van der Waals surface area contributed by atoms with Crippen LogP contribution in [0.4, 0.5) is 5.69 Å². The highest BCUT2D eigenvalue weighted by Gasteiger charge is 2.07. The molecule has 0 atom stereocenters. The normalized spacial score (nSPS) is 10.9. The SMILES string of the molecule is CC(=O)Nc1ccc(/C=N/n2c(-c3ccccc3)n[nH]c2=S)cc1. The summed E-state index contributed by atoms with van der Waals surface area (Å²) in [4.78, 5) is 11.0. The van der Waals surface area contributed by atoms with Gasteiger partial charge in [-0.05, 0) is 29.9 Å². The Labute approximate surface area is 143 Å². The molecule has 0 saturated heterocycles. The number of carbonyl (C=O) groups is 1. The van der Waals surface area contributed by atoms with E-state index in [4.69, 9.17) is 12.2 Å². The molecule has 1 heterocycles. The first-order chi connectivity index (χ1) is 11.6. The molecule has 0 radical (unpaired) electrons. The van der Waals surface area contributed by atoms with E-state index in [0.29, 0.717) is 10.6 Å². The van der Waals surface area contributed by atoms with Crippen LogP contribution in [0, 0.1) is 4.77 Å². The third kappa shape index (κ3) is 3.64. The molecule has 0 bridgehead atoms. The largest absolute Gasteiger partial charge is 0.326 e. The second kappa shape index (κ2) is 7.01. The minimum atomic E-state index is -0.103. The topological polar surface area (TPSA) is 75.1 Å². The highest BCUT2D eigenvalue weighted by Crippen LogP contribution is 2.16. The lowest BCUT2D eigenvalue weighted by Crippen LogP contribution is -2.05. The molecule has 0 spiro atoms. The summed E-state index contributed by atoms with van der Waals surface area (Å²) in [5.74, 6) is 0.542. The van der Waals surface area contributed by atoms with E-state index < -0.39 is 0 Å². The molecule has 3 rings (SSSR count). The number of carbonyl (C=O) groups excluding carboxylic acids is 1. The number of anilines is 1. The third-order valence-electron chi connectivity index (χ3n) is 3.24. The summed E-state index contributed by atoms with van der Waals surface area (Å²) in [5.41, 5.74) is 2.54. The number of H-pyrrole nitrogens is 1. The summed E-state index contributed by atoms with van der Waals surface area (Å²) >= 11 is 5.24. The van der Waals surface area contributed by atoms with E-state index in [9.17, 15) is 4.79 Å². The molecule has 120 valence electrons. The second-order valence-electron chi connectivity index (χ2n) is 5.08. The van der Waals surface area contributed by atoms with Crippen LogP contribution >= 0.6 is 12.2 Å². The fourth-order valence-corrected chi connectivity index (χ4v) is 2.33. The molecule has 2 aromatic carbocycles. The van der Waals surface area contributed by atoms with Gasteiger partial charge in [0.25, 0.3) is 0 Å². The van der Waals surface area contributed by atoms with E-state index in [-0.39, 0.29) is 5.91 Å². The first-order valence-corrected chi connectivity index (χ1v) is 7.69. The van der Waals surface area contributed by atoms with Crippen molar-refractivity contribution in [3.8, 4) is 11.4 Å². The zero-order chi connectivity index (χ0) is 16.9. The van der Waals surface area contributed by atoms with Gasteiger partial charge in [0, 0.05) is 18.2 Å². The van der Waals surface area contributed by atoms with Gasteiger partial charge in [-0.1, -0.05) is 42.5 Å². The smallest absolute Gasteiger partial charge is 0.221 e. The van der Waals surface area contributed by atoms with Crippen LogP contribution in [0.3, 0.4) is 0 Å². The van der Waals surface area contributed by atoms with Gasteiger partial charge in [0.2, 0.25) is 10.7 Å². The van der Waals surface area contributed by atoms with Crippen molar-refractivity contribution in [2.45, 2.75) is 6.92 Å². The van der Waals surface area contributed by atoms with Crippen LogP contribution in [0.15, 0.2) is 59.7 Å². The summed E-state index contributed by atoms with van der Waals surface area (Å²) in [6, 6.07) is 17.0. The molecule has 0 aliphatic heterocycles. The Morgan fingerprint density at radius 3 is 2.58 bits per heavy atom. The van der Waals surface area contributed by atoms with Crippen LogP contribution < -0.4 is 5.32 Å². The van der Waals surface area contributed by atoms with Crippen LogP contribution in [0.1, 0.15) is 12.5 Å². The molecular formula is C17H15N5OS. The van der Waals surface area contributed by atoms with Gasteiger partial charge < -0.3 is 5.32 Å². The van der Waals surface area contributed by atoms with Crippen molar-refractivity contribution in [2.24, 2.45) is 5.10 Å². The molecule has 2 N–H and O–H groups in total. The standard InChI is InChI=1S/C17H15N5OS/c1-12(23)19-15-9-7-13(8-10-15)11-18-22-16(20-21-17(22)24)14-5-3-2-4-6-14/h2-11H,1H3,(H,19,23)(H,21,24)/b18-11+. The summed E-state index contributed by atoms with van der Waals surface area (Å²) in [6.07, 6.45) is 1.69. The first kappa shape index (κ1) is 15.8. The van der Waals surface area contributed by atoms with Crippen LogP contribution in [0.2, 0.25) is 0 Å². The van der Waals surface area contributed by atoms with Crippen LogP contribution in [0.25, 0.3) is 11.4 Å². The maximum atomic E-state index is 11.0. The molecule has 1 aromatic heterocycles. The van der Waals surface area contributed by atoms with Crippen molar-refractivity contribution in [2.75, 3.05) is 5.32 Å². The Bertz CT molecular complexity index is 926. The van der Waals surface area contributed by atoms with E-state index in [1.807, 2.05) is 54.6 Å². The fourth-order valence-electron chi connectivity index (χ4n) is 2.15. The van der Waals surface area contributed by atoms with Crippen molar-refractivity contribution in [1.29, 1.82) is 0 Å². The molecule has 24 heavy (non-hydrogen) atoms. The maximum absolute atomic E-state index is 11.0. The quantitative estimate of drug-likeness (QED) is 0.565. The molecule has 0 fully saturated rings. The van der Waals surface area contributed by atoms with Gasteiger partial charge in [-0.2, -0.15) is 14.9 Å². The van der Waals surface area contributed by atoms with Crippen LogP contribution in [-0.2, 0) is 4.79 Å². The Balaban J connectivity index is 1.86. The van der Waals surface area contributed by atoms with Crippen molar-refractivity contribution in [1.82, 2.24) is 14.9 Å². The Morgan fingerprint density at radius 1 is 1.21 bits per heavy atom. The van der Waals surface area contributed by atoms with E-state index in [1.165, 1.54) is 6.92 Å². The number of aromatic nitrogens is 3. The predicted molar refractivity (Wildman–Crippen MR) is 96.6 cm³/mol. The van der Waals surface area contributed by atoms with Gasteiger partial charge in [-0.3, -0.25) is 4.79 Å². The monoisotopic (exact) mass is 337 g/mol. The summed E-state index contributed by atoms with van der Waals surface area (Å²) in [5, 5.41) is 14.1. The predicted octanol–water partition coefficient (Wildman–Crippen LogP) is 3.45. The molecule has 0 saturated carbocycles. The number of nitrogens with zero attached hydrogens (tertiary/aromatic N) is 3. The van der Waals surface area contributed by atoms with Crippen molar-refractivity contribution < 1.29 is 4.79 Å². The summed E-state index contributed by atoms with van der Waals surface area (Å²) in [7, 11) is 0.